The molecule has 0 saturated carbocycles. The molecule has 0 bridgehead atoms. The Labute approximate surface area is 123 Å². The molecule has 0 fully saturated rings. The fraction of sp³-hybridized carbons (Fsp3) is 0.400. The van der Waals surface area contributed by atoms with Gasteiger partial charge in [-0.2, -0.15) is 11.8 Å². The number of carbonyl (C=O) groups is 1. The Bertz CT molecular complexity index is 491. The molecule has 1 aromatic rings. The molecule has 1 aromatic carbocycles. The van der Waals surface area contributed by atoms with Crippen LogP contribution in [0.3, 0.4) is 0 Å². The molecule has 3 nitrogen and oxygen atoms in total. The summed E-state index contributed by atoms with van der Waals surface area (Å²) in [7, 11) is 1.93. The molecule has 0 heterocycles. The van der Waals surface area contributed by atoms with Crippen molar-refractivity contribution in [2.45, 2.75) is 19.4 Å². The molecule has 20 heavy (non-hydrogen) atoms. The number of benzene rings is 1. The van der Waals surface area contributed by atoms with E-state index in [9.17, 15) is 9.18 Å². The Morgan fingerprint density at radius 1 is 1.50 bits per heavy atom. The van der Waals surface area contributed by atoms with Crippen molar-refractivity contribution in [3.63, 3.8) is 0 Å². The number of anilines is 1. The van der Waals surface area contributed by atoms with Gasteiger partial charge in [0.2, 0.25) is 0 Å². The summed E-state index contributed by atoms with van der Waals surface area (Å²) in [5.41, 5.74) is 1.31. The molecule has 1 unspecified atom stereocenters. The highest BCUT2D eigenvalue weighted by Gasteiger charge is 2.14. The lowest BCUT2D eigenvalue weighted by Crippen LogP contribution is -2.33. The standard InChI is InChI=1S/C15H20FNO2S/c1-4-13(10-20-3)17(2)14-8-11(5-6-15(18)19)7-12(16)9-14/h5-9,13H,4,10H2,1-3H3,(H,18,19)/b6-5+. The smallest absolute Gasteiger partial charge is 0.328 e. The van der Waals surface area contributed by atoms with Gasteiger partial charge in [-0.05, 0) is 42.5 Å². The van der Waals surface area contributed by atoms with Gasteiger partial charge < -0.3 is 10.0 Å². The molecule has 0 aliphatic rings. The number of rotatable bonds is 7. The average molecular weight is 297 g/mol. The Morgan fingerprint density at radius 3 is 2.75 bits per heavy atom. The second-order valence-electron chi connectivity index (χ2n) is 4.54. The van der Waals surface area contributed by atoms with E-state index in [0.29, 0.717) is 11.6 Å². The van der Waals surface area contributed by atoms with Crippen LogP contribution in [0, 0.1) is 5.82 Å². The third-order valence-electron chi connectivity index (χ3n) is 3.11. The lowest BCUT2D eigenvalue weighted by atomic mass is 10.1. The van der Waals surface area contributed by atoms with Crippen LogP contribution >= 0.6 is 11.8 Å². The summed E-state index contributed by atoms with van der Waals surface area (Å²) in [6.45, 7) is 2.10. The third kappa shape index (κ3) is 4.89. The SMILES string of the molecule is CCC(CSC)N(C)c1cc(F)cc(/C=C/C(=O)O)c1. The first-order valence-corrected chi connectivity index (χ1v) is 7.80. The molecule has 110 valence electrons. The van der Waals surface area contributed by atoms with E-state index in [-0.39, 0.29) is 5.82 Å². The highest BCUT2D eigenvalue weighted by Crippen LogP contribution is 2.22. The van der Waals surface area contributed by atoms with Crippen LogP contribution in [-0.4, -0.2) is 36.2 Å². The molecule has 0 spiro atoms. The van der Waals surface area contributed by atoms with Gasteiger partial charge in [-0.1, -0.05) is 6.92 Å². The van der Waals surface area contributed by atoms with Gasteiger partial charge in [0.15, 0.2) is 0 Å². The van der Waals surface area contributed by atoms with Gasteiger partial charge in [-0.3, -0.25) is 0 Å². The molecule has 0 radical (unpaired) electrons. The molecule has 0 amide bonds. The maximum atomic E-state index is 13.7. The molecule has 0 aliphatic heterocycles. The van der Waals surface area contributed by atoms with E-state index in [1.165, 1.54) is 18.2 Å². The molecule has 0 aromatic heterocycles. The van der Waals surface area contributed by atoms with Crippen LogP contribution in [-0.2, 0) is 4.79 Å². The van der Waals surface area contributed by atoms with Crippen molar-refractivity contribution in [3.05, 3.63) is 35.7 Å². The second-order valence-corrected chi connectivity index (χ2v) is 5.45. The number of hydrogen-bond donors (Lipinski definition) is 1. The van der Waals surface area contributed by atoms with Gasteiger partial charge in [-0.25, -0.2) is 9.18 Å². The molecule has 1 atom stereocenters. The Hall–Kier alpha value is -1.49. The quantitative estimate of drug-likeness (QED) is 0.782. The Kier molecular flexibility index (Phi) is 6.58. The molecule has 0 aliphatic carbocycles. The van der Waals surface area contributed by atoms with Gasteiger partial charge in [0.05, 0.1) is 0 Å². The Morgan fingerprint density at radius 2 is 2.20 bits per heavy atom. The lowest BCUT2D eigenvalue weighted by Gasteiger charge is -2.29. The highest BCUT2D eigenvalue weighted by atomic mass is 32.2. The summed E-state index contributed by atoms with van der Waals surface area (Å²) in [4.78, 5) is 12.6. The zero-order chi connectivity index (χ0) is 15.1. The number of hydrogen-bond acceptors (Lipinski definition) is 3. The van der Waals surface area contributed by atoms with E-state index in [1.54, 1.807) is 17.8 Å². The number of thioether (sulfide) groups is 1. The fourth-order valence-electron chi connectivity index (χ4n) is 1.97. The first-order valence-electron chi connectivity index (χ1n) is 6.41. The summed E-state index contributed by atoms with van der Waals surface area (Å²) in [5.74, 6) is -0.444. The van der Waals surface area contributed by atoms with E-state index in [2.05, 4.69) is 6.92 Å². The predicted molar refractivity (Wildman–Crippen MR) is 83.9 cm³/mol. The number of carboxylic acid groups (broad SMARTS) is 1. The van der Waals surface area contributed by atoms with Crippen LogP contribution in [0.15, 0.2) is 24.3 Å². The minimum Gasteiger partial charge on any atom is -0.478 e. The number of nitrogens with zero attached hydrogens (tertiary/aromatic N) is 1. The van der Waals surface area contributed by atoms with Crippen molar-refractivity contribution in [2.75, 3.05) is 24.0 Å². The zero-order valence-electron chi connectivity index (χ0n) is 12.0. The number of carboxylic acids is 1. The van der Waals surface area contributed by atoms with Gasteiger partial charge in [0, 0.05) is 30.6 Å². The lowest BCUT2D eigenvalue weighted by molar-refractivity contribution is -0.131. The van der Waals surface area contributed by atoms with Gasteiger partial charge in [0.1, 0.15) is 5.82 Å². The van der Waals surface area contributed by atoms with Crippen LogP contribution in [0.2, 0.25) is 0 Å². The van der Waals surface area contributed by atoms with Crippen molar-refractivity contribution in [1.82, 2.24) is 0 Å². The largest absolute Gasteiger partial charge is 0.478 e. The van der Waals surface area contributed by atoms with Crippen LogP contribution in [0.25, 0.3) is 6.08 Å². The monoisotopic (exact) mass is 297 g/mol. The van der Waals surface area contributed by atoms with Crippen LogP contribution < -0.4 is 4.90 Å². The van der Waals surface area contributed by atoms with E-state index < -0.39 is 5.97 Å². The van der Waals surface area contributed by atoms with Crippen molar-refractivity contribution < 1.29 is 14.3 Å². The average Bonchev–Trinajstić information content (AvgIpc) is 2.41. The van der Waals surface area contributed by atoms with Crippen LogP contribution in [0.4, 0.5) is 10.1 Å². The number of halogens is 1. The molecular formula is C15H20FNO2S. The molecule has 1 rings (SSSR count). The van der Waals surface area contributed by atoms with Gasteiger partial charge >= 0.3 is 5.97 Å². The second kappa shape index (κ2) is 7.94. The summed E-state index contributed by atoms with van der Waals surface area (Å²) in [6, 6.07) is 4.92. The fourth-order valence-corrected chi connectivity index (χ4v) is 2.81. The molecule has 5 heteroatoms. The minimum absolute atomic E-state index is 0.322. The predicted octanol–water partition coefficient (Wildman–Crippen LogP) is 3.50. The van der Waals surface area contributed by atoms with Crippen molar-refractivity contribution in [3.8, 4) is 0 Å². The van der Waals surface area contributed by atoms with Crippen molar-refractivity contribution in [2.24, 2.45) is 0 Å². The minimum atomic E-state index is -1.04. The van der Waals surface area contributed by atoms with E-state index in [1.807, 2.05) is 18.2 Å². The summed E-state index contributed by atoms with van der Waals surface area (Å²) in [6.07, 6.45) is 5.42. The number of aliphatic carboxylic acids is 1. The third-order valence-corrected chi connectivity index (χ3v) is 3.83. The van der Waals surface area contributed by atoms with Crippen molar-refractivity contribution in [1.29, 1.82) is 0 Å². The van der Waals surface area contributed by atoms with E-state index in [0.717, 1.165) is 23.9 Å². The van der Waals surface area contributed by atoms with Gasteiger partial charge in [0.25, 0.3) is 0 Å². The van der Waals surface area contributed by atoms with E-state index >= 15 is 0 Å². The normalized spacial score (nSPS) is 12.6. The maximum Gasteiger partial charge on any atom is 0.328 e. The van der Waals surface area contributed by atoms with Gasteiger partial charge in [-0.15, -0.1) is 0 Å². The van der Waals surface area contributed by atoms with Crippen molar-refractivity contribution >= 4 is 29.5 Å². The molecule has 0 saturated heterocycles. The highest BCUT2D eigenvalue weighted by molar-refractivity contribution is 7.98. The first-order chi connectivity index (χ1) is 9.47. The topological polar surface area (TPSA) is 40.5 Å². The van der Waals surface area contributed by atoms with Crippen LogP contribution in [0.5, 0.6) is 0 Å². The zero-order valence-corrected chi connectivity index (χ0v) is 12.8. The summed E-state index contributed by atoms with van der Waals surface area (Å²) in [5, 5.41) is 8.63. The summed E-state index contributed by atoms with van der Waals surface area (Å²) >= 11 is 1.75. The first kappa shape index (κ1) is 16.6. The summed E-state index contributed by atoms with van der Waals surface area (Å²) < 4.78 is 13.7. The molecular weight excluding hydrogens is 277 g/mol. The van der Waals surface area contributed by atoms with E-state index in [4.69, 9.17) is 5.11 Å². The van der Waals surface area contributed by atoms with Crippen LogP contribution in [0.1, 0.15) is 18.9 Å². The Balaban J connectivity index is 3.02. The maximum absolute atomic E-state index is 13.7. The molecule has 1 N–H and O–H groups in total.